The summed E-state index contributed by atoms with van der Waals surface area (Å²) in [5, 5.41) is 2.23. The maximum Gasteiger partial charge on any atom is 0.176 e. The van der Waals surface area contributed by atoms with E-state index >= 15 is 0 Å². The van der Waals surface area contributed by atoms with Crippen LogP contribution in [0.2, 0.25) is 0 Å². The number of rotatable bonds is 3. The molecule has 4 rings (SSSR count). The molecule has 1 aromatic carbocycles. The molecule has 0 saturated heterocycles. The first-order valence-corrected chi connectivity index (χ1v) is 7.92. The lowest BCUT2D eigenvalue weighted by Gasteiger charge is -2.18. The van der Waals surface area contributed by atoms with Crippen molar-refractivity contribution in [3.05, 3.63) is 34.9 Å². The van der Waals surface area contributed by atoms with Crippen molar-refractivity contribution in [2.75, 3.05) is 20.2 Å². The van der Waals surface area contributed by atoms with Gasteiger partial charge in [0.2, 0.25) is 0 Å². The fourth-order valence-corrected chi connectivity index (χ4v) is 4.10. The van der Waals surface area contributed by atoms with E-state index in [0.717, 1.165) is 41.4 Å². The Bertz CT molecular complexity index is 776. The zero-order valence-electron chi connectivity index (χ0n) is 12.0. The van der Waals surface area contributed by atoms with Crippen LogP contribution in [-0.2, 0) is 0 Å². The van der Waals surface area contributed by atoms with Crippen LogP contribution in [0.3, 0.4) is 0 Å². The van der Waals surface area contributed by atoms with E-state index in [0.29, 0.717) is 0 Å². The Morgan fingerprint density at radius 1 is 1.38 bits per heavy atom. The zero-order chi connectivity index (χ0) is 14.4. The maximum atomic E-state index is 5.62. The van der Waals surface area contributed by atoms with Gasteiger partial charge in [-0.2, -0.15) is 0 Å². The monoisotopic (exact) mass is 300 g/mol. The molecule has 4 nitrogen and oxygen atoms in total. The number of benzene rings is 1. The van der Waals surface area contributed by atoms with E-state index in [2.05, 4.69) is 22.9 Å². The summed E-state index contributed by atoms with van der Waals surface area (Å²) in [6, 6.07) is 6.13. The molecule has 2 aromatic rings. The Kier molecular flexibility index (Phi) is 2.96. The van der Waals surface area contributed by atoms with Crippen molar-refractivity contribution in [1.82, 2.24) is 4.90 Å². The molecular formula is C16H16N2O2S. The van der Waals surface area contributed by atoms with Crippen molar-refractivity contribution in [2.45, 2.75) is 13.3 Å². The van der Waals surface area contributed by atoms with E-state index in [1.165, 1.54) is 16.2 Å². The van der Waals surface area contributed by atoms with Gasteiger partial charge >= 0.3 is 0 Å². The lowest BCUT2D eigenvalue weighted by atomic mass is 10.0. The second-order valence-electron chi connectivity index (χ2n) is 5.02. The zero-order valence-corrected chi connectivity index (χ0v) is 12.9. The van der Waals surface area contributed by atoms with E-state index in [1.807, 2.05) is 12.1 Å². The molecule has 0 bridgehead atoms. The highest BCUT2D eigenvalue weighted by atomic mass is 32.2. The largest absolute Gasteiger partial charge is 0.493 e. The Hall–Kier alpha value is -1.88. The standard InChI is InChI=1S/C16H16N2O2S/c1-3-13-14(18-8-7-17-16(18)21-13)10-4-5-12(19-2)15-11(10)6-9-20-15/h4-6,9H,3,7-8H2,1-2H3. The maximum absolute atomic E-state index is 5.62. The number of fused-ring (bicyclic) bond motifs is 2. The van der Waals surface area contributed by atoms with Crippen LogP contribution in [0.1, 0.15) is 18.9 Å². The third kappa shape index (κ3) is 1.80. The van der Waals surface area contributed by atoms with Gasteiger partial charge in [0.15, 0.2) is 16.5 Å². The summed E-state index contributed by atoms with van der Waals surface area (Å²) in [5.74, 6) is 0.776. The molecule has 0 spiro atoms. The topological polar surface area (TPSA) is 38.0 Å². The van der Waals surface area contributed by atoms with Gasteiger partial charge in [0.1, 0.15) is 0 Å². The molecule has 0 amide bonds. The van der Waals surface area contributed by atoms with Gasteiger partial charge in [0.05, 0.1) is 25.6 Å². The van der Waals surface area contributed by atoms with Crippen LogP contribution in [0, 0.1) is 0 Å². The number of allylic oxidation sites excluding steroid dienone is 1. The molecule has 2 aliphatic rings. The summed E-state index contributed by atoms with van der Waals surface area (Å²) in [7, 11) is 1.67. The van der Waals surface area contributed by atoms with Gasteiger partial charge in [-0.3, -0.25) is 4.99 Å². The van der Waals surface area contributed by atoms with Crippen LogP contribution in [0.25, 0.3) is 16.7 Å². The van der Waals surface area contributed by atoms with E-state index in [4.69, 9.17) is 9.15 Å². The number of methoxy groups -OCH3 is 1. The second-order valence-corrected chi connectivity index (χ2v) is 6.08. The molecule has 2 aliphatic heterocycles. The lowest BCUT2D eigenvalue weighted by molar-refractivity contribution is 0.410. The fraction of sp³-hybridized carbons (Fsp3) is 0.312. The van der Waals surface area contributed by atoms with Crippen molar-refractivity contribution in [3.63, 3.8) is 0 Å². The average Bonchev–Trinajstić information content (AvgIpc) is 3.20. The summed E-state index contributed by atoms with van der Waals surface area (Å²) < 4.78 is 11.0. The molecule has 0 N–H and O–H groups in total. The number of hydrogen-bond acceptors (Lipinski definition) is 5. The van der Waals surface area contributed by atoms with Gasteiger partial charge in [0, 0.05) is 22.4 Å². The van der Waals surface area contributed by atoms with Crippen LogP contribution in [-0.4, -0.2) is 30.3 Å². The highest BCUT2D eigenvalue weighted by Crippen LogP contribution is 2.45. The Morgan fingerprint density at radius 2 is 2.29 bits per heavy atom. The number of nitrogens with zero attached hydrogens (tertiary/aromatic N) is 2. The molecule has 0 aliphatic carbocycles. The van der Waals surface area contributed by atoms with Crippen molar-refractivity contribution < 1.29 is 9.15 Å². The molecule has 0 radical (unpaired) electrons. The number of thioether (sulfide) groups is 1. The summed E-state index contributed by atoms with van der Waals surface area (Å²) >= 11 is 1.80. The van der Waals surface area contributed by atoms with Crippen LogP contribution in [0.5, 0.6) is 5.75 Å². The minimum Gasteiger partial charge on any atom is -0.493 e. The van der Waals surface area contributed by atoms with Gasteiger partial charge in [-0.25, -0.2) is 0 Å². The molecule has 3 heterocycles. The van der Waals surface area contributed by atoms with E-state index < -0.39 is 0 Å². The van der Waals surface area contributed by atoms with Gasteiger partial charge in [0.25, 0.3) is 0 Å². The lowest BCUT2D eigenvalue weighted by Crippen LogP contribution is -2.20. The summed E-state index contributed by atoms with van der Waals surface area (Å²) in [4.78, 5) is 8.30. The normalized spacial score (nSPS) is 17.6. The molecular weight excluding hydrogens is 284 g/mol. The number of ether oxygens (including phenoxy) is 1. The number of furan rings is 1. The molecule has 108 valence electrons. The van der Waals surface area contributed by atoms with Crippen LogP contribution >= 0.6 is 11.8 Å². The summed E-state index contributed by atoms with van der Waals surface area (Å²) in [5.41, 5.74) is 3.30. The van der Waals surface area contributed by atoms with Gasteiger partial charge in [-0.15, -0.1) is 0 Å². The SMILES string of the molecule is CCC1=C(c2ccc(OC)c3occc23)N2CCN=C2S1. The Labute approximate surface area is 127 Å². The molecule has 0 fully saturated rings. The Balaban J connectivity index is 1.93. The molecule has 0 unspecified atom stereocenters. The highest BCUT2D eigenvalue weighted by Gasteiger charge is 2.33. The predicted octanol–water partition coefficient (Wildman–Crippen LogP) is 3.94. The third-order valence-corrected chi connectivity index (χ3v) is 5.19. The predicted molar refractivity (Wildman–Crippen MR) is 86.6 cm³/mol. The van der Waals surface area contributed by atoms with Crippen LogP contribution < -0.4 is 4.74 Å². The quantitative estimate of drug-likeness (QED) is 0.860. The van der Waals surface area contributed by atoms with E-state index in [9.17, 15) is 0 Å². The van der Waals surface area contributed by atoms with Crippen LogP contribution in [0.15, 0.2) is 38.8 Å². The van der Waals surface area contributed by atoms with E-state index in [1.54, 1.807) is 25.1 Å². The van der Waals surface area contributed by atoms with Gasteiger partial charge < -0.3 is 14.1 Å². The van der Waals surface area contributed by atoms with Gasteiger partial charge in [-0.1, -0.05) is 18.7 Å². The van der Waals surface area contributed by atoms with Crippen molar-refractivity contribution >= 4 is 33.6 Å². The highest BCUT2D eigenvalue weighted by molar-refractivity contribution is 8.17. The minimum absolute atomic E-state index is 0.776. The third-order valence-electron chi connectivity index (χ3n) is 3.93. The number of hydrogen-bond donors (Lipinski definition) is 0. The first-order valence-electron chi connectivity index (χ1n) is 7.11. The average molecular weight is 300 g/mol. The summed E-state index contributed by atoms with van der Waals surface area (Å²) in [6.45, 7) is 4.04. The molecule has 1 aromatic heterocycles. The first-order chi connectivity index (χ1) is 10.3. The van der Waals surface area contributed by atoms with Crippen molar-refractivity contribution in [2.24, 2.45) is 4.99 Å². The van der Waals surface area contributed by atoms with Gasteiger partial charge in [-0.05, 0) is 24.6 Å². The number of aliphatic imine (C=N–C) groups is 1. The van der Waals surface area contributed by atoms with Crippen LogP contribution in [0.4, 0.5) is 0 Å². The second kappa shape index (κ2) is 4.84. The van der Waals surface area contributed by atoms with Crippen molar-refractivity contribution in [3.8, 4) is 5.75 Å². The van der Waals surface area contributed by atoms with E-state index in [-0.39, 0.29) is 0 Å². The fourth-order valence-electron chi connectivity index (χ4n) is 2.97. The minimum atomic E-state index is 0.776. The van der Waals surface area contributed by atoms with Crippen molar-refractivity contribution in [1.29, 1.82) is 0 Å². The number of amidine groups is 1. The molecule has 21 heavy (non-hydrogen) atoms. The summed E-state index contributed by atoms with van der Waals surface area (Å²) in [6.07, 6.45) is 2.74. The molecule has 0 atom stereocenters. The molecule has 5 heteroatoms. The smallest absolute Gasteiger partial charge is 0.176 e. The Morgan fingerprint density at radius 3 is 3.10 bits per heavy atom. The molecule has 0 saturated carbocycles. The first kappa shape index (κ1) is 12.8.